The molecule has 0 aliphatic carbocycles. The molecule has 3 aromatic carbocycles. The Morgan fingerprint density at radius 3 is 0.905 bits per heavy atom. The number of hydrogen-bond acceptors (Lipinski definition) is 0. The number of benzene rings is 3. The Kier molecular flexibility index (Phi) is 7.83. The molecule has 21 heavy (non-hydrogen) atoms. The third-order valence-electron chi connectivity index (χ3n) is 3.19. The van der Waals surface area contributed by atoms with Crippen molar-refractivity contribution in [2.75, 3.05) is 0 Å². The maximum Gasteiger partial charge on any atom is 2.00 e. The van der Waals surface area contributed by atoms with E-state index in [0.717, 1.165) is 0 Å². The van der Waals surface area contributed by atoms with Gasteiger partial charge in [-0.2, -0.15) is 0 Å². The summed E-state index contributed by atoms with van der Waals surface area (Å²) >= 11 is 0. The summed E-state index contributed by atoms with van der Waals surface area (Å²) in [6.07, 6.45) is 0. The van der Waals surface area contributed by atoms with Crippen LogP contribution >= 0.6 is 7.92 Å². The second-order valence-electron chi connectivity index (χ2n) is 4.47. The Hall–Kier alpha value is -0.997. The Morgan fingerprint density at radius 1 is 0.429 bits per heavy atom. The first kappa shape index (κ1) is 18.1. The quantitative estimate of drug-likeness (QED) is 0.434. The van der Waals surface area contributed by atoms with Crippen LogP contribution < -0.4 is 28.3 Å². The van der Waals surface area contributed by atoms with E-state index in [4.69, 9.17) is 0 Å². The number of rotatable bonds is 3. The van der Waals surface area contributed by atoms with Crippen molar-refractivity contribution in [1.29, 1.82) is 0 Å². The van der Waals surface area contributed by atoms with E-state index in [9.17, 15) is 0 Å². The third kappa shape index (κ3) is 4.48. The molecule has 0 aliphatic rings. The maximum absolute atomic E-state index is 2.24. The van der Waals surface area contributed by atoms with E-state index in [2.05, 4.69) is 91.0 Å². The van der Waals surface area contributed by atoms with Crippen molar-refractivity contribution in [3.63, 3.8) is 0 Å². The Morgan fingerprint density at radius 2 is 0.667 bits per heavy atom. The van der Waals surface area contributed by atoms with E-state index in [1.54, 1.807) is 0 Å². The molecule has 3 heteroatoms. The SMILES string of the molecule is [Cl-].[Rh+2].c1ccc([PH+](c2ccccc2)c2ccccc2)cc1. The topological polar surface area (TPSA) is 0 Å². The van der Waals surface area contributed by atoms with Crippen molar-refractivity contribution in [3.05, 3.63) is 91.0 Å². The molecule has 107 valence electrons. The Balaban J connectivity index is 0.00000110. The van der Waals surface area contributed by atoms with Gasteiger partial charge in [-0.05, 0) is 36.4 Å². The van der Waals surface area contributed by atoms with Crippen LogP contribution in [0.3, 0.4) is 0 Å². The zero-order valence-electron chi connectivity index (χ0n) is 11.4. The van der Waals surface area contributed by atoms with Crippen molar-refractivity contribution < 1.29 is 31.9 Å². The van der Waals surface area contributed by atoms with Crippen molar-refractivity contribution in [3.8, 4) is 0 Å². The molecule has 0 amide bonds. The predicted octanol–water partition coefficient (Wildman–Crippen LogP) is 0.179. The summed E-state index contributed by atoms with van der Waals surface area (Å²) in [7, 11) is -0.877. The van der Waals surface area contributed by atoms with Crippen molar-refractivity contribution in [2.24, 2.45) is 0 Å². The second-order valence-corrected chi connectivity index (χ2v) is 6.96. The molecular weight excluding hydrogens is 386 g/mol. The molecule has 0 heterocycles. The van der Waals surface area contributed by atoms with Gasteiger partial charge in [0, 0.05) is 0 Å². The molecule has 1 radical (unpaired) electrons. The minimum absolute atomic E-state index is 0. The fourth-order valence-electron chi connectivity index (χ4n) is 2.31. The van der Waals surface area contributed by atoms with Crippen LogP contribution in [-0.2, 0) is 19.5 Å². The van der Waals surface area contributed by atoms with Crippen molar-refractivity contribution in [2.45, 2.75) is 0 Å². The average Bonchev–Trinajstić information content (AvgIpc) is 2.51. The molecule has 3 rings (SSSR count). The van der Waals surface area contributed by atoms with E-state index in [1.807, 2.05) is 0 Å². The van der Waals surface area contributed by atoms with Gasteiger partial charge < -0.3 is 12.4 Å². The monoisotopic (exact) mass is 401 g/mol. The molecule has 0 aromatic heterocycles. The minimum Gasteiger partial charge on any atom is -1.00 e. The summed E-state index contributed by atoms with van der Waals surface area (Å²) in [5, 5.41) is 4.31. The number of halogens is 1. The average molecular weight is 402 g/mol. The van der Waals surface area contributed by atoms with Gasteiger partial charge in [-0.1, -0.05) is 54.6 Å². The van der Waals surface area contributed by atoms with Crippen LogP contribution in [0.2, 0.25) is 0 Å². The Bertz CT molecular complexity index is 535. The molecular formula is C18H16ClPRh+2. The van der Waals surface area contributed by atoms with Gasteiger partial charge in [-0.25, -0.2) is 0 Å². The molecule has 0 spiro atoms. The third-order valence-corrected chi connectivity index (χ3v) is 5.92. The predicted molar refractivity (Wildman–Crippen MR) is 86.5 cm³/mol. The van der Waals surface area contributed by atoms with Gasteiger partial charge in [0.25, 0.3) is 0 Å². The summed E-state index contributed by atoms with van der Waals surface area (Å²) in [4.78, 5) is 0. The zero-order valence-corrected chi connectivity index (χ0v) is 14.8. The smallest absolute Gasteiger partial charge is 1.00 e. The van der Waals surface area contributed by atoms with Crippen LogP contribution in [0, 0.1) is 0 Å². The van der Waals surface area contributed by atoms with Crippen LogP contribution in [0.4, 0.5) is 0 Å². The fourth-order valence-corrected chi connectivity index (χ4v) is 4.89. The van der Waals surface area contributed by atoms with Crippen LogP contribution in [0.5, 0.6) is 0 Å². The summed E-state index contributed by atoms with van der Waals surface area (Å²) in [6.45, 7) is 0. The van der Waals surface area contributed by atoms with E-state index < -0.39 is 7.92 Å². The van der Waals surface area contributed by atoms with E-state index >= 15 is 0 Å². The molecule has 0 nitrogen and oxygen atoms in total. The summed E-state index contributed by atoms with van der Waals surface area (Å²) < 4.78 is 0. The van der Waals surface area contributed by atoms with Crippen LogP contribution in [0.1, 0.15) is 0 Å². The van der Waals surface area contributed by atoms with Gasteiger partial charge in [0.2, 0.25) is 0 Å². The van der Waals surface area contributed by atoms with Crippen LogP contribution in [-0.4, -0.2) is 0 Å². The molecule has 0 fully saturated rings. The first-order valence-corrected chi connectivity index (χ1v) is 7.98. The normalized spacial score (nSPS) is 9.57. The van der Waals surface area contributed by atoms with Crippen LogP contribution in [0.25, 0.3) is 0 Å². The minimum atomic E-state index is -0.877. The molecule has 0 saturated heterocycles. The van der Waals surface area contributed by atoms with Crippen LogP contribution in [0.15, 0.2) is 91.0 Å². The fraction of sp³-hybridized carbons (Fsp3) is 0. The molecule has 0 saturated carbocycles. The molecule has 0 N–H and O–H groups in total. The van der Waals surface area contributed by atoms with Gasteiger partial charge in [0.05, 0.1) is 7.92 Å². The second kappa shape index (κ2) is 9.11. The standard InChI is InChI=1S/C18H15P.ClH.Rh/c1-4-10-16(11-5-1)19(17-12-6-2-7-13-17)18-14-8-3-9-15-18;;/h1-15H;1H;/q;;+2. The summed E-state index contributed by atoms with van der Waals surface area (Å²) in [6, 6.07) is 32.5. The summed E-state index contributed by atoms with van der Waals surface area (Å²) in [5.41, 5.74) is 0. The van der Waals surface area contributed by atoms with E-state index in [1.165, 1.54) is 15.9 Å². The van der Waals surface area contributed by atoms with Gasteiger partial charge in [0.1, 0.15) is 15.9 Å². The van der Waals surface area contributed by atoms with Gasteiger partial charge in [-0.15, -0.1) is 0 Å². The first-order chi connectivity index (χ1) is 9.45. The van der Waals surface area contributed by atoms with Crippen molar-refractivity contribution >= 4 is 23.8 Å². The van der Waals surface area contributed by atoms with Gasteiger partial charge in [-0.3, -0.25) is 0 Å². The largest absolute Gasteiger partial charge is 2.00 e. The number of hydrogen-bond donors (Lipinski definition) is 0. The van der Waals surface area contributed by atoms with Crippen molar-refractivity contribution in [1.82, 2.24) is 0 Å². The molecule has 0 aliphatic heterocycles. The molecule has 0 bridgehead atoms. The zero-order chi connectivity index (χ0) is 12.9. The van der Waals surface area contributed by atoms with Gasteiger partial charge in [0.15, 0.2) is 0 Å². The van der Waals surface area contributed by atoms with E-state index in [0.29, 0.717) is 0 Å². The van der Waals surface area contributed by atoms with Gasteiger partial charge >= 0.3 is 19.5 Å². The molecule has 0 atom stereocenters. The van der Waals surface area contributed by atoms with E-state index in [-0.39, 0.29) is 31.9 Å². The Labute approximate surface area is 146 Å². The molecule has 3 aromatic rings. The molecule has 0 unspecified atom stereocenters. The summed E-state index contributed by atoms with van der Waals surface area (Å²) in [5.74, 6) is 0. The first-order valence-electron chi connectivity index (χ1n) is 6.48. The maximum atomic E-state index is 2.24.